The molecule has 0 saturated carbocycles. The molecule has 1 saturated heterocycles. The molecule has 1 aliphatic rings. The highest BCUT2D eigenvalue weighted by molar-refractivity contribution is 4.63. The molecule has 1 heterocycles. The summed E-state index contributed by atoms with van der Waals surface area (Å²) in [5.74, 6) is 0. The molecule has 84 valence electrons. The maximum Gasteiger partial charge on any atom is 0.0830 e. The average molecular weight is 201 g/mol. The van der Waals surface area contributed by atoms with Crippen LogP contribution < -0.4 is 5.32 Å². The molecule has 1 rings (SSSR count). The van der Waals surface area contributed by atoms with E-state index in [-0.39, 0.29) is 0 Å². The molecule has 14 heavy (non-hydrogen) atoms. The van der Waals surface area contributed by atoms with Gasteiger partial charge in [0.05, 0.1) is 12.7 Å². The molecule has 1 N–H and O–H groups in total. The Balaban J connectivity index is 1.88. The normalized spacial score (nSPS) is 24.0. The highest BCUT2D eigenvalue weighted by Crippen LogP contribution is 2.09. The minimum Gasteiger partial charge on any atom is -0.379 e. The summed E-state index contributed by atoms with van der Waals surface area (Å²) in [6, 6.07) is 0.614. The first-order valence-electron chi connectivity index (χ1n) is 5.75. The standard InChI is InChI=1S/C11H23NO2/c1-3-12-10(2)5-4-7-14-11-6-8-13-9-11/h10-12H,3-9H2,1-2H3. The fourth-order valence-corrected chi connectivity index (χ4v) is 1.73. The summed E-state index contributed by atoms with van der Waals surface area (Å²) in [6.07, 6.45) is 3.78. The molecule has 0 amide bonds. The van der Waals surface area contributed by atoms with Gasteiger partial charge in [-0.3, -0.25) is 0 Å². The van der Waals surface area contributed by atoms with E-state index < -0.39 is 0 Å². The second kappa shape index (κ2) is 7.21. The van der Waals surface area contributed by atoms with Gasteiger partial charge in [0.1, 0.15) is 0 Å². The summed E-state index contributed by atoms with van der Waals surface area (Å²) < 4.78 is 10.9. The van der Waals surface area contributed by atoms with Gasteiger partial charge in [0.15, 0.2) is 0 Å². The van der Waals surface area contributed by atoms with Crippen molar-refractivity contribution in [3.05, 3.63) is 0 Å². The van der Waals surface area contributed by atoms with Gasteiger partial charge < -0.3 is 14.8 Å². The summed E-state index contributed by atoms with van der Waals surface area (Å²) >= 11 is 0. The van der Waals surface area contributed by atoms with Crippen LogP contribution in [0.5, 0.6) is 0 Å². The lowest BCUT2D eigenvalue weighted by molar-refractivity contribution is 0.0400. The second-order valence-corrected chi connectivity index (χ2v) is 3.96. The Morgan fingerprint density at radius 3 is 3.07 bits per heavy atom. The quantitative estimate of drug-likeness (QED) is 0.634. The summed E-state index contributed by atoms with van der Waals surface area (Å²) in [5.41, 5.74) is 0. The third-order valence-corrected chi connectivity index (χ3v) is 2.58. The van der Waals surface area contributed by atoms with E-state index in [0.717, 1.165) is 39.2 Å². The Labute approximate surface area is 87.2 Å². The molecular weight excluding hydrogens is 178 g/mol. The van der Waals surface area contributed by atoms with Crippen LogP contribution in [0, 0.1) is 0 Å². The van der Waals surface area contributed by atoms with Gasteiger partial charge in [0.25, 0.3) is 0 Å². The van der Waals surface area contributed by atoms with Crippen molar-refractivity contribution in [3.63, 3.8) is 0 Å². The first-order chi connectivity index (χ1) is 6.83. The Bertz CT molecular complexity index is 135. The molecule has 2 unspecified atom stereocenters. The molecule has 0 spiro atoms. The Morgan fingerprint density at radius 1 is 1.57 bits per heavy atom. The summed E-state index contributed by atoms with van der Waals surface area (Å²) in [5, 5.41) is 3.39. The van der Waals surface area contributed by atoms with Crippen LogP contribution >= 0.6 is 0 Å². The SMILES string of the molecule is CCNC(C)CCCOC1CCOC1. The van der Waals surface area contributed by atoms with E-state index in [4.69, 9.17) is 9.47 Å². The van der Waals surface area contributed by atoms with Gasteiger partial charge >= 0.3 is 0 Å². The summed E-state index contributed by atoms with van der Waals surface area (Å²) in [6.45, 7) is 7.97. The maximum absolute atomic E-state index is 5.68. The fraction of sp³-hybridized carbons (Fsp3) is 1.00. The summed E-state index contributed by atoms with van der Waals surface area (Å²) in [7, 11) is 0. The van der Waals surface area contributed by atoms with E-state index in [9.17, 15) is 0 Å². The third-order valence-electron chi connectivity index (χ3n) is 2.58. The first-order valence-corrected chi connectivity index (χ1v) is 5.75. The lowest BCUT2D eigenvalue weighted by Crippen LogP contribution is -2.26. The van der Waals surface area contributed by atoms with E-state index in [1.54, 1.807) is 0 Å². The average Bonchev–Trinajstić information content (AvgIpc) is 2.65. The highest BCUT2D eigenvalue weighted by Gasteiger charge is 2.15. The predicted octanol–water partition coefficient (Wildman–Crippen LogP) is 1.57. The smallest absolute Gasteiger partial charge is 0.0830 e. The van der Waals surface area contributed by atoms with Gasteiger partial charge in [0.2, 0.25) is 0 Å². The minimum atomic E-state index is 0.365. The molecule has 0 aliphatic carbocycles. The molecule has 1 fully saturated rings. The lowest BCUT2D eigenvalue weighted by atomic mass is 10.2. The van der Waals surface area contributed by atoms with Gasteiger partial charge in [-0.2, -0.15) is 0 Å². The Hall–Kier alpha value is -0.120. The molecular formula is C11H23NO2. The van der Waals surface area contributed by atoms with Crippen molar-refractivity contribution in [2.24, 2.45) is 0 Å². The summed E-state index contributed by atoms with van der Waals surface area (Å²) in [4.78, 5) is 0. The molecule has 3 nitrogen and oxygen atoms in total. The Morgan fingerprint density at radius 2 is 2.43 bits per heavy atom. The lowest BCUT2D eigenvalue weighted by Gasteiger charge is -2.13. The first kappa shape index (κ1) is 12.0. The van der Waals surface area contributed by atoms with Crippen molar-refractivity contribution in [1.82, 2.24) is 5.32 Å². The highest BCUT2D eigenvalue weighted by atomic mass is 16.5. The monoisotopic (exact) mass is 201 g/mol. The van der Waals surface area contributed by atoms with E-state index in [1.807, 2.05) is 0 Å². The number of rotatable bonds is 7. The fourth-order valence-electron chi connectivity index (χ4n) is 1.73. The molecule has 0 bridgehead atoms. The third kappa shape index (κ3) is 4.94. The van der Waals surface area contributed by atoms with Crippen LogP contribution in [0.4, 0.5) is 0 Å². The van der Waals surface area contributed by atoms with E-state index in [2.05, 4.69) is 19.2 Å². The van der Waals surface area contributed by atoms with Crippen molar-refractivity contribution in [3.8, 4) is 0 Å². The van der Waals surface area contributed by atoms with Crippen LogP contribution in [0.3, 0.4) is 0 Å². The molecule has 3 heteroatoms. The topological polar surface area (TPSA) is 30.5 Å². The zero-order chi connectivity index (χ0) is 10.2. The van der Waals surface area contributed by atoms with E-state index >= 15 is 0 Å². The molecule has 0 aromatic rings. The van der Waals surface area contributed by atoms with Gasteiger partial charge in [-0.05, 0) is 32.7 Å². The van der Waals surface area contributed by atoms with Crippen molar-refractivity contribution >= 4 is 0 Å². The number of hydrogen-bond acceptors (Lipinski definition) is 3. The maximum atomic E-state index is 5.68. The second-order valence-electron chi connectivity index (χ2n) is 3.96. The molecule has 0 aromatic heterocycles. The van der Waals surface area contributed by atoms with Gasteiger partial charge in [-0.25, -0.2) is 0 Å². The predicted molar refractivity (Wildman–Crippen MR) is 57.5 cm³/mol. The molecule has 2 atom stereocenters. The van der Waals surface area contributed by atoms with Crippen LogP contribution in [-0.4, -0.2) is 38.5 Å². The van der Waals surface area contributed by atoms with Crippen molar-refractivity contribution in [2.45, 2.75) is 45.3 Å². The molecule has 0 radical (unpaired) electrons. The van der Waals surface area contributed by atoms with Gasteiger partial charge in [-0.1, -0.05) is 6.92 Å². The van der Waals surface area contributed by atoms with Crippen molar-refractivity contribution in [1.29, 1.82) is 0 Å². The van der Waals surface area contributed by atoms with Crippen molar-refractivity contribution < 1.29 is 9.47 Å². The molecule has 1 aliphatic heterocycles. The minimum absolute atomic E-state index is 0.365. The number of ether oxygens (including phenoxy) is 2. The van der Waals surface area contributed by atoms with Crippen LogP contribution in [0.25, 0.3) is 0 Å². The number of hydrogen-bond donors (Lipinski definition) is 1. The van der Waals surface area contributed by atoms with Crippen LogP contribution in [0.1, 0.15) is 33.1 Å². The molecule has 0 aromatic carbocycles. The van der Waals surface area contributed by atoms with Crippen LogP contribution in [-0.2, 0) is 9.47 Å². The van der Waals surface area contributed by atoms with Crippen LogP contribution in [0.2, 0.25) is 0 Å². The van der Waals surface area contributed by atoms with E-state index in [0.29, 0.717) is 12.1 Å². The van der Waals surface area contributed by atoms with Crippen LogP contribution in [0.15, 0.2) is 0 Å². The number of nitrogens with one attached hydrogen (secondary N) is 1. The largest absolute Gasteiger partial charge is 0.379 e. The Kier molecular flexibility index (Phi) is 6.15. The van der Waals surface area contributed by atoms with Gasteiger partial charge in [0, 0.05) is 19.3 Å². The van der Waals surface area contributed by atoms with E-state index in [1.165, 1.54) is 6.42 Å². The van der Waals surface area contributed by atoms with Crippen molar-refractivity contribution in [2.75, 3.05) is 26.4 Å². The zero-order valence-electron chi connectivity index (χ0n) is 9.42. The zero-order valence-corrected chi connectivity index (χ0v) is 9.42. The van der Waals surface area contributed by atoms with Gasteiger partial charge in [-0.15, -0.1) is 0 Å².